The second kappa shape index (κ2) is 6.94. The van der Waals surface area contributed by atoms with Crippen molar-refractivity contribution in [1.82, 2.24) is 19.6 Å². The van der Waals surface area contributed by atoms with Crippen molar-refractivity contribution in [3.63, 3.8) is 0 Å². The lowest BCUT2D eigenvalue weighted by atomic mass is 10.2. The van der Waals surface area contributed by atoms with E-state index in [9.17, 15) is 0 Å². The van der Waals surface area contributed by atoms with Crippen molar-refractivity contribution >= 4 is 16.6 Å². The molecule has 29 heavy (non-hydrogen) atoms. The van der Waals surface area contributed by atoms with E-state index in [2.05, 4.69) is 15.1 Å². The number of hydrogen-bond acceptors (Lipinski definition) is 6. The second-order valence-corrected chi connectivity index (χ2v) is 6.66. The third-order valence-electron chi connectivity index (χ3n) is 4.63. The van der Waals surface area contributed by atoms with E-state index in [4.69, 9.17) is 13.9 Å². The molecule has 3 heterocycles. The quantitative estimate of drug-likeness (QED) is 0.445. The zero-order chi connectivity index (χ0) is 19.8. The number of fused-ring (bicyclic) bond motifs is 2. The number of aryl methyl sites for hydroxylation is 1. The normalized spacial score (nSPS) is 11.2. The van der Waals surface area contributed by atoms with Gasteiger partial charge in [0.1, 0.15) is 35.2 Å². The van der Waals surface area contributed by atoms with E-state index >= 15 is 0 Å². The first-order chi connectivity index (χ1) is 14.2. The van der Waals surface area contributed by atoms with Gasteiger partial charge in [-0.2, -0.15) is 5.10 Å². The molecule has 5 rings (SSSR count). The van der Waals surface area contributed by atoms with E-state index < -0.39 is 0 Å². The number of rotatable bonds is 5. The number of imidazole rings is 1. The van der Waals surface area contributed by atoms with Crippen LogP contribution >= 0.6 is 0 Å². The Balaban J connectivity index is 1.55. The monoisotopic (exact) mass is 386 g/mol. The van der Waals surface area contributed by atoms with E-state index in [1.807, 2.05) is 61.7 Å². The van der Waals surface area contributed by atoms with Crippen molar-refractivity contribution in [3.8, 4) is 23.0 Å². The Hall–Kier alpha value is -3.87. The molecule has 0 atom stereocenters. The predicted octanol–water partition coefficient (Wildman–Crippen LogP) is 4.43. The van der Waals surface area contributed by atoms with Gasteiger partial charge in [0.2, 0.25) is 0 Å². The summed E-state index contributed by atoms with van der Waals surface area (Å²) >= 11 is 0. The van der Waals surface area contributed by atoms with Gasteiger partial charge in [-0.3, -0.25) is 0 Å². The van der Waals surface area contributed by atoms with Crippen LogP contribution in [-0.2, 0) is 6.61 Å². The molecule has 0 N–H and O–H groups in total. The Bertz CT molecular complexity index is 1310. The topological polar surface area (TPSA) is 74.7 Å². The highest BCUT2D eigenvalue weighted by Gasteiger charge is 2.16. The van der Waals surface area contributed by atoms with Crippen molar-refractivity contribution < 1.29 is 13.9 Å². The largest absolute Gasteiger partial charge is 0.496 e. The Labute approximate surface area is 166 Å². The van der Waals surface area contributed by atoms with Crippen LogP contribution in [0.3, 0.4) is 0 Å². The SMILES string of the molecule is COc1cc(OCc2ccccc2)c2cc(-c3cn4nc(C)ncc4n3)oc2c1. The van der Waals surface area contributed by atoms with Crippen LogP contribution in [0.15, 0.2) is 65.3 Å². The predicted molar refractivity (Wildman–Crippen MR) is 108 cm³/mol. The first-order valence-electron chi connectivity index (χ1n) is 9.17. The maximum absolute atomic E-state index is 6.08. The number of methoxy groups -OCH3 is 1. The molecule has 0 aliphatic rings. The molecule has 0 fully saturated rings. The molecule has 0 radical (unpaired) electrons. The van der Waals surface area contributed by atoms with Gasteiger partial charge in [-0.25, -0.2) is 14.5 Å². The average molecular weight is 386 g/mol. The van der Waals surface area contributed by atoms with Crippen LogP contribution in [0, 0.1) is 6.92 Å². The van der Waals surface area contributed by atoms with Gasteiger partial charge in [-0.05, 0) is 18.6 Å². The van der Waals surface area contributed by atoms with Crippen LogP contribution in [0.1, 0.15) is 11.4 Å². The Morgan fingerprint density at radius 2 is 1.97 bits per heavy atom. The fourth-order valence-corrected chi connectivity index (χ4v) is 3.19. The molecule has 0 unspecified atom stereocenters. The average Bonchev–Trinajstić information content (AvgIpc) is 3.36. The van der Waals surface area contributed by atoms with Crippen LogP contribution < -0.4 is 9.47 Å². The first-order valence-corrected chi connectivity index (χ1v) is 9.17. The molecular weight excluding hydrogens is 368 g/mol. The molecule has 0 aliphatic heterocycles. The van der Waals surface area contributed by atoms with Crippen LogP contribution in [0.4, 0.5) is 0 Å². The first kappa shape index (κ1) is 17.2. The molecule has 0 saturated heterocycles. The van der Waals surface area contributed by atoms with Crippen LogP contribution in [0.2, 0.25) is 0 Å². The van der Waals surface area contributed by atoms with Gasteiger partial charge in [0.05, 0.1) is 24.9 Å². The molecule has 0 amide bonds. The number of furan rings is 1. The highest BCUT2D eigenvalue weighted by atomic mass is 16.5. The Morgan fingerprint density at radius 3 is 2.79 bits per heavy atom. The number of ether oxygens (including phenoxy) is 2. The van der Waals surface area contributed by atoms with Crippen molar-refractivity contribution in [2.75, 3.05) is 7.11 Å². The maximum Gasteiger partial charge on any atom is 0.172 e. The van der Waals surface area contributed by atoms with Crippen molar-refractivity contribution in [2.45, 2.75) is 13.5 Å². The summed E-state index contributed by atoms with van der Waals surface area (Å²) in [6, 6.07) is 15.6. The number of benzene rings is 2. The Kier molecular flexibility index (Phi) is 4.13. The molecule has 0 aliphatic carbocycles. The molecule has 0 spiro atoms. The summed E-state index contributed by atoms with van der Waals surface area (Å²) in [4.78, 5) is 8.74. The fraction of sp³-hybridized carbons (Fsp3) is 0.136. The van der Waals surface area contributed by atoms with Gasteiger partial charge in [0.15, 0.2) is 11.4 Å². The summed E-state index contributed by atoms with van der Waals surface area (Å²) in [6.07, 6.45) is 3.51. The summed E-state index contributed by atoms with van der Waals surface area (Å²) < 4.78 is 19.3. The summed E-state index contributed by atoms with van der Waals surface area (Å²) in [5.74, 6) is 2.66. The lowest BCUT2D eigenvalue weighted by Crippen LogP contribution is -1.96. The molecule has 144 valence electrons. The molecule has 5 aromatic rings. The lowest BCUT2D eigenvalue weighted by molar-refractivity contribution is 0.307. The fourth-order valence-electron chi connectivity index (χ4n) is 3.19. The molecule has 0 bridgehead atoms. The summed E-state index contributed by atoms with van der Waals surface area (Å²) in [5, 5.41) is 5.20. The third-order valence-corrected chi connectivity index (χ3v) is 4.63. The highest BCUT2D eigenvalue weighted by molar-refractivity contribution is 5.89. The van der Waals surface area contributed by atoms with E-state index in [1.54, 1.807) is 17.8 Å². The molecule has 7 heteroatoms. The van der Waals surface area contributed by atoms with Gasteiger partial charge in [0.25, 0.3) is 0 Å². The van der Waals surface area contributed by atoms with E-state index in [1.165, 1.54) is 0 Å². The van der Waals surface area contributed by atoms with Crippen molar-refractivity contribution in [1.29, 1.82) is 0 Å². The van der Waals surface area contributed by atoms with Crippen molar-refractivity contribution in [3.05, 3.63) is 72.3 Å². The molecular formula is C22H18N4O3. The minimum atomic E-state index is 0.451. The molecule has 2 aromatic carbocycles. The van der Waals surface area contributed by atoms with Crippen LogP contribution in [0.25, 0.3) is 28.1 Å². The summed E-state index contributed by atoms with van der Waals surface area (Å²) in [7, 11) is 1.62. The second-order valence-electron chi connectivity index (χ2n) is 6.66. The molecule has 3 aromatic heterocycles. The highest BCUT2D eigenvalue weighted by Crippen LogP contribution is 2.37. The van der Waals surface area contributed by atoms with Crippen LogP contribution in [0.5, 0.6) is 11.5 Å². The van der Waals surface area contributed by atoms with Gasteiger partial charge < -0.3 is 13.9 Å². The van der Waals surface area contributed by atoms with Gasteiger partial charge in [-0.15, -0.1) is 0 Å². The zero-order valence-corrected chi connectivity index (χ0v) is 16.0. The molecule has 7 nitrogen and oxygen atoms in total. The Morgan fingerprint density at radius 1 is 1.10 bits per heavy atom. The van der Waals surface area contributed by atoms with E-state index in [-0.39, 0.29) is 0 Å². The minimum Gasteiger partial charge on any atom is -0.496 e. The standard InChI is InChI=1S/C22H18N4O3/c1-14-23-11-22-24-18(12-26(22)25-14)21-10-17-19(8-16(27-2)9-20(17)29-21)28-13-15-6-4-3-5-7-15/h3-12H,13H2,1-2H3. The number of hydrogen-bond donors (Lipinski definition) is 0. The third kappa shape index (κ3) is 3.27. The number of nitrogens with zero attached hydrogens (tertiary/aromatic N) is 4. The maximum atomic E-state index is 6.08. The smallest absolute Gasteiger partial charge is 0.172 e. The molecule has 0 saturated carbocycles. The van der Waals surface area contributed by atoms with Crippen LogP contribution in [-0.4, -0.2) is 26.7 Å². The van der Waals surface area contributed by atoms with Crippen molar-refractivity contribution in [2.24, 2.45) is 0 Å². The number of aromatic nitrogens is 4. The summed E-state index contributed by atoms with van der Waals surface area (Å²) in [5.41, 5.74) is 3.08. The van der Waals surface area contributed by atoms with E-state index in [0.717, 1.165) is 10.9 Å². The van der Waals surface area contributed by atoms with E-state index in [0.29, 0.717) is 46.6 Å². The zero-order valence-electron chi connectivity index (χ0n) is 16.0. The van der Waals surface area contributed by atoms with Gasteiger partial charge in [-0.1, -0.05) is 30.3 Å². The van der Waals surface area contributed by atoms with Gasteiger partial charge in [0, 0.05) is 12.1 Å². The lowest BCUT2D eigenvalue weighted by Gasteiger charge is -2.09. The van der Waals surface area contributed by atoms with Gasteiger partial charge >= 0.3 is 0 Å². The summed E-state index contributed by atoms with van der Waals surface area (Å²) in [6.45, 7) is 2.29. The minimum absolute atomic E-state index is 0.451.